The van der Waals surface area contributed by atoms with Gasteiger partial charge >= 0.3 is 0 Å². The van der Waals surface area contributed by atoms with E-state index < -0.39 is 0 Å². The zero-order chi connectivity index (χ0) is 15.1. The molecule has 1 aliphatic rings. The lowest BCUT2D eigenvalue weighted by Gasteiger charge is -2.20. The van der Waals surface area contributed by atoms with Crippen LogP contribution in [0.3, 0.4) is 0 Å². The molecule has 1 fully saturated rings. The zero-order valence-corrected chi connectivity index (χ0v) is 13.4. The van der Waals surface area contributed by atoms with Crippen LogP contribution >= 0.6 is 0 Å². The van der Waals surface area contributed by atoms with Gasteiger partial charge < -0.3 is 19.5 Å². The summed E-state index contributed by atoms with van der Waals surface area (Å²) in [6.07, 6.45) is 4.98. The lowest BCUT2D eigenvalue weighted by atomic mass is 10.0. The molecule has 0 spiro atoms. The Morgan fingerprint density at radius 2 is 2.10 bits per heavy atom. The van der Waals surface area contributed by atoms with E-state index in [4.69, 9.17) is 14.2 Å². The first-order valence-corrected chi connectivity index (χ1v) is 7.85. The van der Waals surface area contributed by atoms with Crippen molar-refractivity contribution in [2.45, 2.75) is 44.8 Å². The third-order valence-electron chi connectivity index (χ3n) is 4.10. The highest BCUT2D eigenvalue weighted by Gasteiger charge is 2.16. The van der Waals surface area contributed by atoms with Crippen LogP contribution in [0.5, 0.6) is 11.5 Å². The Bertz CT molecular complexity index is 430. The fraction of sp³-hybridized carbons (Fsp3) is 0.647. The predicted octanol–water partition coefficient (Wildman–Crippen LogP) is 3.31. The molecule has 21 heavy (non-hydrogen) atoms. The van der Waals surface area contributed by atoms with Crippen molar-refractivity contribution in [1.29, 1.82) is 0 Å². The van der Waals surface area contributed by atoms with E-state index in [0.717, 1.165) is 37.5 Å². The van der Waals surface area contributed by atoms with Gasteiger partial charge in [0.25, 0.3) is 0 Å². The van der Waals surface area contributed by atoms with Crippen molar-refractivity contribution in [1.82, 2.24) is 5.32 Å². The third-order valence-corrected chi connectivity index (χ3v) is 4.10. The van der Waals surface area contributed by atoms with Gasteiger partial charge in [-0.1, -0.05) is 13.0 Å². The molecule has 118 valence electrons. The normalized spacial score (nSPS) is 19.5. The maximum absolute atomic E-state index is 5.66. The second-order valence-electron chi connectivity index (χ2n) is 5.45. The molecule has 2 atom stereocenters. The first-order valence-electron chi connectivity index (χ1n) is 7.85. The molecule has 1 saturated heterocycles. The molecule has 1 aliphatic heterocycles. The Balaban J connectivity index is 1.92. The largest absolute Gasteiger partial charge is 0.493 e. The Morgan fingerprint density at radius 1 is 1.29 bits per heavy atom. The van der Waals surface area contributed by atoms with Gasteiger partial charge in [0.2, 0.25) is 0 Å². The minimum Gasteiger partial charge on any atom is -0.493 e. The first kappa shape index (κ1) is 16.1. The monoisotopic (exact) mass is 293 g/mol. The van der Waals surface area contributed by atoms with Crippen molar-refractivity contribution in [3.05, 3.63) is 23.8 Å². The lowest BCUT2D eigenvalue weighted by molar-refractivity contribution is 0.103. The molecule has 0 amide bonds. The highest BCUT2D eigenvalue weighted by molar-refractivity contribution is 5.43. The predicted molar refractivity (Wildman–Crippen MR) is 84.2 cm³/mol. The molecule has 1 heterocycles. The van der Waals surface area contributed by atoms with Crippen LogP contribution in [0.4, 0.5) is 0 Å². The van der Waals surface area contributed by atoms with Gasteiger partial charge in [0.15, 0.2) is 11.5 Å². The quantitative estimate of drug-likeness (QED) is 0.798. The molecule has 4 heteroatoms. The van der Waals surface area contributed by atoms with Crippen molar-refractivity contribution < 1.29 is 14.2 Å². The molecule has 1 aromatic carbocycles. The van der Waals surface area contributed by atoms with Crippen LogP contribution in [0.1, 0.15) is 44.2 Å². The fourth-order valence-electron chi connectivity index (χ4n) is 2.86. The highest BCUT2D eigenvalue weighted by Crippen LogP contribution is 2.30. The summed E-state index contributed by atoms with van der Waals surface area (Å²) in [5.74, 6) is 1.56. The van der Waals surface area contributed by atoms with Crippen molar-refractivity contribution >= 4 is 0 Å². The van der Waals surface area contributed by atoms with Crippen LogP contribution in [0, 0.1) is 0 Å². The molecule has 2 rings (SSSR count). The van der Waals surface area contributed by atoms with Crippen molar-refractivity contribution in [2.24, 2.45) is 0 Å². The maximum atomic E-state index is 5.66. The molecule has 0 aliphatic carbocycles. The SMILES string of the molecule is CCC(NCCC1CCCO1)c1ccc(OC)c(OC)c1. The molecule has 1 N–H and O–H groups in total. The smallest absolute Gasteiger partial charge is 0.161 e. The Labute approximate surface area is 127 Å². The zero-order valence-electron chi connectivity index (χ0n) is 13.4. The van der Waals surface area contributed by atoms with Crippen molar-refractivity contribution in [3.63, 3.8) is 0 Å². The molecule has 0 aromatic heterocycles. The first-order chi connectivity index (χ1) is 10.3. The highest BCUT2D eigenvalue weighted by atomic mass is 16.5. The van der Waals surface area contributed by atoms with E-state index in [1.165, 1.54) is 18.4 Å². The number of nitrogens with one attached hydrogen (secondary N) is 1. The minimum absolute atomic E-state index is 0.339. The van der Waals surface area contributed by atoms with Crippen molar-refractivity contribution in [3.8, 4) is 11.5 Å². The van der Waals surface area contributed by atoms with E-state index in [1.807, 2.05) is 6.07 Å². The fourth-order valence-corrected chi connectivity index (χ4v) is 2.86. The second-order valence-corrected chi connectivity index (χ2v) is 5.45. The van der Waals surface area contributed by atoms with Gasteiger partial charge in [-0.3, -0.25) is 0 Å². The van der Waals surface area contributed by atoms with E-state index >= 15 is 0 Å². The van der Waals surface area contributed by atoms with E-state index in [0.29, 0.717) is 12.1 Å². The van der Waals surface area contributed by atoms with Gasteiger partial charge in [-0.25, -0.2) is 0 Å². The van der Waals surface area contributed by atoms with E-state index in [1.54, 1.807) is 14.2 Å². The summed E-state index contributed by atoms with van der Waals surface area (Å²) in [6.45, 7) is 4.11. The Morgan fingerprint density at radius 3 is 2.71 bits per heavy atom. The molecule has 0 radical (unpaired) electrons. The second kappa shape index (κ2) is 8.25. The molecule has 4 nitrogen and oxygen atoms in total. The number of methoxy groups -OCH3 is 2. The summed E-state index contributed by atoms with van der Waals surface area (Å²) in [5.41, 5.74) is 1.24. The summed E-state index contributed by atoms with van der Waals surface area (Å²) in [5, 5.41) is 3.63. The van der Waals surface area contributed by atoms with Crippen LogP contribution in [-0.2, 0) is 4.74 Å². The van der Waals surface area contributed by atoms with Crippen LogP contribution in [0.15, 0.2) is 18.2 Å². The van der Waals surface area contributed by atoms with E-state index in [2.05, 4.69) is 24.4 Å². The number of hydrogen-bond donors (Lipinski definition) is 1. The molecular formula is C17H27NO3. The van der Waals surface area contributed by atoms with Crippen molar-refractivity contribution in [2.75, 3.05) is 27.4 Å². The molecule has 0 bridgehead atoms. The van der Waals surface area contributed by atoms with E-state index in [-0.39, 0.29) is 0 Å². The topological polar surface area (TPSA) is 39.7 Å². The molecule has 2 unspecified atom stereocenters. The Hall–Kier alpha value is -1.26. The molecule has 0 saturated carbocycles. The Kier molecular flexibility index (Phi) is 6.33. The number of rotatable bonds is 8. The number of benzene rings is 1. The van der Waals surface area contributed by atoms with Gasteiger partial charge in [-0.15, -0.1) is 0 Å². The average Bonchev–Trinajstić information content (AvgIpc) is 3.04. The van der Waals surface area contributed by atoms with Gasteiger partial charge in [0.1, 0.15) is 0 Å². The minimum atomic E-state index is 0.339. The number of hydrogen-bond acceptors (Lipinski definition) is 4. The number of ether oxygens (including phenoxy) is 3. The van der Waals surface area contributed by atoms with Gasteiger partial charge in [-0.2, -0.15) is 0 Å². The summed E-state index contributed by atoms with van der Waals surface area (Å²) >= 11 is 0. The summed E-state index contributed by atoms with van der Waals surface area (Å²) in [6, 6.07) is 6.48. The van der Waals surface area contributed by atoms with E-state index in [9.17, 15) is 0 Å². The standard InChI is InChI=1S/C17H27NO3/c1-4-15(18-10-9-14-6-5-11-21-14)13-7-8-16(19-2)17(12-13)20-3/h7-8,12,14-15,18H,4-6,9-11H2,1-3H3. The molecular weight excluding hydrogens is 266 g/mol. The average molecular weight is 293 g/mol. The van der Waals surface area contributed by atoms with Crippen LogP contribution in [0.25, 0.3) is 0 Å². The summed E-state index contributed by atoms with van der Waals surface area (Å²) in [7, 11) is 3.34. The summed E-state index contributed by atoms with van der Waals surface area (Å²) in [4.78, 5) is 0. The maximum Gasteiger partial charge on any atom is 0.161 e. The molecule has 1 aromatic rings. The van der Waals surface area contributed by atoms with Gasteiger partial charge in [-0.05, 0) is 49.9 Å². The summed E-state index contributed by atoms with van der Waals surface area (Å²) < 4.78 is 16.3. The van der Waals surface area contributed by atoms with Crippen LogP contribution < -0.4 is 14.8 Å². The third kappa shape index (κ3) is 4.35. The van der Waals surface area contributed by atoms with Gasteiger partial charge in [0, 0.05) is 12.6 Å². The lowest BCUT2D eigenvalue weighted by Crippen LogP contribution is -2.25. The van der Waals surface area contributed by atoms with Crippen LogP contribution in [0.2, 0.25) is 0 Å². The van der Waals surface area contributed by atoms with Gasteiger partial charge in [0.05, 0.1) is 20.3 Å². The van der Waals surface area contributed by atoms with Crippen LogP contribution in [-0.4, -0.2) is 33.5 Å².